The molecule has 0 bridgehead atoms. The van der Waals surface area contributed by atoms with Crippen LogP contribution >= 0.6 is 11.3 Å². The number of hydrogen-bond acceptors (Lipinski definition) is 3. The molecule has 0 aliphatic heterocycles. The molecule has 2 aromatic heterocycles. The quantitative estimate of drug-likeness (QED) is 0.773. The third-order valence-electron chi connectivity index (χ3n) is 2.95. The van der Waals surface area contributed by atoms with Crippen LogP contribution in [0.2, 0.25) is 0 Å². The second-order valence-corrected chi connectivity index (χ2v) is 5.18. The van der Waals surface area contributed by atoms with E-state index in [-0.39, 0.29) is 5.56 Å². The molecular formula is C15H12N2OS. The van der Waals surface area contributed by atoms with E-state index in [9.17, 15) is 4.79 Å². The summed E-state index contributed by atoms with van der Waals surface area (Å²) in [6.07, 6.45) is 0. The number of nitrogens with zero attached hydrogens (tertiary/aromatic N) is 1. The number of aromatic amines is 1. The third-order valence-corrected chi connectivity index (χ3v) is 3.83. The summed E-state index contributed by atoms with van der Waals surface area (Å²) in [6, 6.07) is 13.7. The second kappa shape index (κ2) is 4.82. The summed E-state index contributed by atoms with van der Waals surface area (Å²) in [5.74, 6) is 0.629. The fourth-order valence-corrected chi connectivity index (χ4v) is 2.61. The molecule has 94 valence electrons. The van der Waals surface area contributed by atoms with Crippen molar-refractivity contribution in [3.63, 3.8) is 0 Å². The Morgan fingerprint density at radius 2 is 1.89 bits per heavy atom. The van der Waals surface area contributed by atoms with E-state index in [1.54, 1.807) is 18.3 Å². The molecule has 1 N–H and O–H groups in total. The molecule has 3 aromatic rings. The number of hydrogen-bond donors (Lipinski definition) is 1. The standard InChI is InChI=1S/C15H12N2OS/c1-10-13(11-6-3-2-4-7-11)16-14(17-15(10)18)12-8-5-9-19-12/h2-9H,1H3,(H,16,17,18). The predicted molar refractivity (Wildman–Crippen MR) is 78.3 cm³/mol. The molecule has 0 aliphatic carbocycles. The summed E-state index contributed by atoms with van der Waals surface area (Å²) in [7, 11) is 0. The van der Waals surface area contributed by atoms with Gasteiger partial charge in [0.15, 0.2) is 5.82 Å². The average molecular weight is 268 g/mol. The summed E-state index contributed by atoms with van der Waals surface area (Å²) in [5, 5.41) is 1.97. The van der Waals surface area contributed by atoms with Crippen molar-refractivity contribution >= 4 is 11.3 Å². The number of thiophene rings is 1. The Morgan fingerprint density at radius 1 is 1.11 bits per heavy atom. The Morgan fingerprint density at radius 3 is 2.58 bits per heavy atom. The third kappa shape index (κ3) is 2.22. The molecule has 0 amide bonds. The Bertz CT molecular complexity index is 746. The van der Waals surface area contributed by atoms with Gasteiger partial charge in [0.1, 0.15) is 0 Å². The van der Waals surface area contributed by atoms with Gasteiger partial charge in [0.25, 0.3) is 5.56 Å². The van der Waals surface area contributed by atoms with Crippen LogP contribution in [0, 0.1) is 6.92 Å². The maximum atomic E-state index is 12.0. The second-order valence-electron chi connectivity index (χ2n) is 4.23. The first-order valence-corrected chi connectivity index (χ1v) is 6.84. The minimum atomic E-state index is -0.0859. The van der Waals surface area contributed by atoms with Gasteiger partial charge in [-0.1, -0.05) is 36.4 Å². The molecule has 4 heteroatoms. The van der Waals surface area contributed by atoms with Crippen LogP contribution in [0.3, 0.4) is 0 Å². The molecule has 0 saturated carbocycles. The van der Waals surface area contributed by atoms with Crippen LogP contribution in [0.4, 0.5) is 0 Å². The summed E-state index contributed by atoms with van der Waals surface area (Å²) in [5.41, 5.74) is 2.26. The first kappa shape index (κ1) is 11.9. The summed E-state index contributed by atoms with van der Waals surface area (Å²) in [6.45, 7) is 1.80. The zero-order chi connectivity index (χ0) is 13.2. The molecule has 2 heterocycles. The number of benzene rings is 1. The van der Waals surface area contributed by atoms with Crippen molar-refractivity contribution in [2.24, 2.45) is 0 Å². The van der Waals surface area contributed by atoms with Gasteiger partial charge in [-0.3, -0.25) is 4.79 Å². The molecule has 1 aromatic carbocycles. The summed E-state index contributed by atoms with van der Waals surface area (Å²) >= 11 is 1.56. The van der Waals surface area contributed by atoms with Gasteiger partial charge in [-0.15, -0.1) is 11.3 Å². The molecule has 0 atom stereocenters. The van der Waals surface area contributed by atoms with E-state index in [4.69, 9.17) is 0 Å². The highest BCUT2D eigenvalue weighted by atomic mass is 32.1. The van der Waals surface area contributed by atoms with E-state index >= 15 is 0 Å². The summed E-state index contributed by atoms with van der Waals surface area (Å²) in [4.78, 5) is 20.4. The first-order chi connectivity index (χ1) is 9.25. The molecule has 3 nitrogen and oxygen atoms in total. The van der Waals surface area contributed by atoms with Crippen LogP contribution in [-0.4, -0.2) is 9.97 Å². The zero-order valence-electron chi connectivity index (χ0n) is 10.4. The maximum Gasteiger partial charge on any atom is 0.254 e. The van der Waals surface area contributed by atoms with Crippen molar-refractivity contribution in [2.45, 2.75) is 6.92 Å². The van der Waals surface area contributed by atoms with E-state index in [2.05, 4.69) is 9.97 Å². The Hall–Kier alpha value is -2.20. The van der Waals surface area contributed by atoms with Crippen LogP contribution < -0.4 is 5.56 Å². The fraction of sp³-hybridized carbons (Fsp3) is 0.0667. The van der Waals surface area contributed by atoms with Crippen molar-refractivity contribution in [3.05, 3.63) is 63.8 Å². The van der Waals surface area contributed by atoms with Crippen molar-refractivity contribution in [1.29, 1.82) is 0 Å². The van der Waals surface area contributed by atoms with Crippen LogP contribution in [0.15, 0.2) is 52.6 Å². The maximum absolute atomic E-state index is 12.0. The van der Waals surface area contributed by atoms with Gasteiger partial charge >= 0.3 is 0 Å². The molecule has 0 fully saturated rings. The van der Waals surface area contributed by atoms with Crippen molar-refractivity contribution < 1.29 is 0 Å². The first-order valence-electron chi connectivity index (χ1n) is 5.96. The smallest absolute Gasteiger partial charge is 0.254 e. The van der Waals surface area contributed by atoms with Gasteiger partial charge in [0, 0.05) is 11.1 Å². The van der Waals surface area contributed by atoms with E-state index in [1.807, 2.05) is 47.8 Å². The van der Waals surface area contributed by atoms with E-state index in [1.165, 1.54) is 0 Å². The zero-order valence-corrected chi connectivity index (χ0v) is 11.2. The Labute approximate surface area is 114 Å². The lowest BCUT2D eigenvalue weighted by Crippen LogP contribution is -2.13. The van der Waals surface area contributed by atoms with Crippen molar-refractivity contribution in [2.75, 3.05) is 0 Å². The van der Waals surface area contributed by atoms with Crippen molar-refractivity contribution in [3.8, 4) is 22.0 Å². The fourth-order valence-electron chi connectivity index (χ4n) is 1.94. The minimum Gasteiger partial charge on any atom is -0.306 e. The molecule has 0 saturated heterocycles. The van der Waals surface area contributed by atoms with Crippen molar-refractivity contribution in [1.82, 2.24) is 9.97 Å². The largest absolute Gasteiger partial charge is 0.306 e. The number of nitrogens with one attached hydrogen (secondary N) is 1. The van der Waals surface area contributed by atoms with Gasteiger partial charge in [0.05, 0.1) is 10.6 Å². The van der Waals surface area contributed by atoms with Crippen LogP contribution in [0.1, 0.15) is 5.56 Å². The predicted octanol–water partition coefficient (Wildman–Crippen LogP) is 3.47. The van der Waals surface area contributed by atoms with E-state index in [0.717, 1.165) is 16.1 Å². The van der Waals surface area contributed by atoms with Gasteiger partial charge in [0.2, 0.25) is 0 Å². The van der Waals surface area contributed by atoms with Crippen LogP contribution in [0.5, 0.6) is 0 Å². The van der Waals surface area contributed by atoms with Gasteiger partial charge in [-0.05, 0) is 18.4 Å². The molecule has 19 heavy (non-hydrogen) atoms. The summed E-state index contributed by atoms with van der Waals surface area (Å²) < 4.78 is 0. The molecular weight excluding hydrogens is 256 g/mol. The van der Waals surface area contributed by atoms with Crippen LogP contribution in [-0.2, 0) is 0 Å². The highest BCUT2D eigenvalue weighted by Gasteiger charge is 2.11. The number of H-pyrrole nitrogens is 1. The monoisotopic (exact) mass is 268 g/mol. The molecule has 3 rings (SSSR count). The molecule has 0 spiro atoms. The lowest BCUT2D eigenvalue weighted by Gasteiger charge is -2.06. The average Bonchev–Trinajstić information content (AvgIpc) is 2.97. The minimum absolute atomic E-state index is 0.0859. The Balaban J connectivity index is 2.23. The van der Waals surface area contributed by atoms with Gasteiger partial charge in [-0.2, -0.15) is 0 Å². The van der Waals surface area contributed by atoms with Crippen LogP contribution in [0.25, 0.3) is 22.0 Å². The highest BCUT2D eigenvalue weighted by Crippen LogP contribution is 2.24. The topological polar surface area (TPSA) is 45.8 Å². The van der Waals surface area contributed by atoms with E-state index < -0.39 is 0 Å². The lowest BCUT2D eigenvalue weighted by atomic mass is 10.1. The SMILES string of the molecule is Cc1c(-c2ccccc2)nc(-c2cccs2)[nH]c1=O. The van der Waals surface area contributed by atoms with Gasteiger partial charge < -0.3 is 4.98 Å². The Kier molecular flexibility index (Phi) is 3.01. The molecule has 0 aliphatic rings. The number of aromatic nitrogens is 2. The van der Waals surface area contributed by atoms with Gasteiger partial charge in [-0.25, -0.2) is 4.98 Å². The van der Waals surface area contributed by atoms with E-state index in [0.29, 0.717) is 11.4 Å². The normalized spacial score (nSPS) is 10.6. The number of rotatable bonds is 2. The lowest BCUT2D eigenvalue weighted by molar-refractivity contribution is 1.10. The molecule has 0 radical (unpaired) electrons. The highest BCUT2D eigenvalue weighted by molar-refractivity contribution is 7.13. The molecule has 0 unspecified atom stereocenters.